The fourth-order valence-electron chi connectivity index (χ4n) is 1.78. The summed E-state index contributed by atoms with van der Waals surface area (Å²) in [4.78, 5) is 15.8. The molecule has 4 nitrogen and oxygen atoms in total. The molecular weight excluding hydrogens is 202 g/mol. The van der Waals surface area contributed by atoms with Crippen molar-refractivity contribution in [1.82, 2.24) is 10.3 Å². The third-order valence-corrected chi connectivity index (χ3v) is 2.61. The molecule has 1 amide bonds. The van der Waals surface area contributed by atoms with Crippen LogP contribution in [0.1, 0.15) is 16.1 Å². The normalized spacial score (nSPS) is 10.4. The molecule has 0 saturated carbocycles. The summed E-state index contributed by atoms with van der Waals surface area (Å²) in [6.45, 7) is 1.94. The molecule has 0 aliphatic rings. The van der Waals surface area contributed by atoms with Gasteiger partial charge in [-0.2, -0.15) is 0 Å². The molecule has 1 aromatic carbocycles. The molecule has 0 unspecified atom stereocenters. The minimum absolute atomic E-state index is 0.195. The molecule has 82 valence electrons. The van der Waals surface area contributed by atoms with Gasteiger partial charge >= 0.3 is 0 Å². The smallest absolute Gasteiger partial charge is 0.270 e. The lowest BCUT2D eigenvalue weighted by atomic mass is 10.0. The summed E-state index contributed by atoms with van der Waals surface area (Å²) in [6, 6.07) is 5.56. The van der Waals surface area contributed by atoms with Gasteiger partial charge in [-0.25, -0.2) is 0 Å². The van der Waals surface area contributed by atoms with Crippen LogP contribution in [0.15, 0.2) is 24.4 Å². The number of nitrogens with two attached hydrogens (primary N) is 1. The van der Waals surface area contributed by atoms with E-state index in [2.05, 4.69) is 10.3 Å². The second-order valence-electron chi connectivity index (χ2n) is 3.63. The lowest BCUT2D eigenvalue weighted by molar-refractivity contribution is 0.0960. The van der Waals surface area contributed by atoms with Gasteiger partial charge in [0.15, 0.2) is 0 Å². The van der Waals surface area contributed by atoms with Crippen LogP contribution in [0, 0.1) is 6.92 Å². The Morgan fingerprint density at radius 3 is 2.81 bits per heavy atom. The van der Waals surface area contributed by atoms with Crippen molar-refractivity contribution >= 4 is 22.4 Å². The number of nitrogens with zero attached hydrogens (tertiary/aromatic N) is 1. The number of aryl methyl sites for hydroxylation is 1. The van der Waals surface area contributed by atoms with Gasteiger partial charge in [0, 0.05) is 29.7 Å². The number of carbonyl (C=O) groups excluding carboxylic acids is 1. The molecular formula is C12H13N3O. The number of hydrogen-bond donors (Lipinski definition) is 2. The van der Waals surface area contributed by atoms with E-state index in [0.717, 1.165) is 16.3 Å². The summed E-state index contributed by atoms with van der Waals surface area (Å²) >= 11 is 0. The number of aromatic nitrogens is 1. The maximum atomic E-state index is 11.7. The topological polar surface area (TPSA) is 68.0 Å². The van der Waals surface area contributed by atoms with Gasteiger partial charge in [0.05, 0.1) is 0 Å². The number of pyridine rings is 1. The van der Waals surface area contributed by atoms with Crippen LogP contribution in [0.3, 0.4) is 0 Å². The summed E-state index contributed by atoms with van der Waals surface area (Å²) in [5.41, 5.74) is 7.95. The Hall–Kier alpha value is -2.10. The van der Waals surface area contributed by atoms with E-state index in [4.69, 9.17) is 5.73 Å². The minimum atomic E-state index is -0.195. The molecule has 0 spiro atoms. The molecule has 3 N–H and O–H groups in total. The molecule has 0 saturated heterocycles. The molecule has 1 heterocycles. The maximum Gasteiger partial charge on any atom is 0.270 e. The predicted molar refractivity (Wildman–Crippen MR) is 64.3 cm³/mol. The molecule has 16 heavy (non-hydrogen) atoms. The minimum Gasteiger partial charge on any atom is -0.398 e. The average Bonchev–Trinajstić information content (AvgIpc) is 2.32. The molecule has 1 aromatic heterocycles. The van der Waals surface area contributed by atoms with Crippen LogP contribution in [-0.2, 0) is 0 Å². The number of rotatable bonds is 1. The first-order valence-electron chi connectivity index (χ1n) is 5.01. The Bertz CT molecular complexity index is 563. The van der Waals surface area contributed by atoms with Gasteiger partial charge in [-0.1, -0.05) is 6.07 Å². The molecule has 0 aliphatic carbocycles. The van der Waals surface area contributed by atoms with Crippen LogP contribution in [0.2, 0.25) is 0 Å². The van der Waals surface area contributed by atoms with Crippen LogP contribution in [0.25, 0.3) is 10.8 Å². The average molecular weight is 215 g/mol. The van der Waals surface area contributed by atoms with Crippen LogP contribution in [-0.4, -0.2) is 17.9 Å². The first-order valence-corrected chi connectivity index (χ1v) is 5.01. The highest BCUT2D eigenvalue weighted by Crippen LogP contribution is 2.26. The fraction of sp³-hybridized carbons (Fsp3) is 0.167. The van der Waals surface area contributed by atoms with E-state index in [0.29, 0.717) is 11.4 Å². The first-order chi connectivity index (χ1) is 7.65. The highest BCUT2D eigenvalue weighted by atomic mass is 16.1. The number of carbonyl (C=O) groups is 1. The predicted octanol–water partition coefficient (Wildman–Crippen LogP) is 1.49. The second-order valence-corrected chi connectivity index (χ2v) is 3.63. The summed E-state index contributed by atoms with van der Waals surface area (Å²) in [5, 5.41) is 4.27. The molecule has 0 radical (unpaired) electrons. The van der Waals surface area contributed by atoms with Crippen molar-refractivity contribution in [3.8, 4) is 0 Å². The van der Waals surface area contributed by atoms with Crippen LogP contribution in [0.5, 0.6) is 0 Å². The van der Waals surface area contributed by atoms with Gasteiger partial charge in [0.25, 0.3) is 5.91 Å². The van der Waals surface area contributed by atoms with Crippen molar-refractivity contribution in [2.24, 2.45) is 0 Å². The highest BCUT2D eigenvalue weighted by Gasteiger charge is 2.12. The fourth-order valence-corrected chi connectivity index (χ4v) is 1.78. The lowest BCUT2D eigenvalue weighted by Gasteiger charge is -2.08. The largest absolute Gasteiger partial charge is 0.398 e. The van der Waals surface area contributed by atoms with E-state index in [1.54, 1.807) is 13.2 Å². The van der Waals surface area contributed by atoms with Crippen molar-refractivity contribution in [2.45, 2.75) is 6.92 Å². The zero-order valence-electron chi connectivity index (χ0n) is 9.24. The zero-order valence-corrected chi connectivity index (χ0v) is 9.24. The Morgan fingerprint density at radius 1 is 1.38 bits per heavy atom. The molecule has 0 bridgehead atoms. The number of amides is 1. The van der Waals surface area contributed by atoms with E-state index in [1.807, 2.05) is 25.1 Å². The SMILES string of the molecule is CNC(=O)c1nccc2c(N)ccc(C)c12. The molecule has 0 aliphatic heterocycles. The van der Waals surface area contributed by atoms with E-state index in [1.165, 1.54) is 0 Å². The molecule has 0 atom stereocenters. The van der Waals surface area contributed by atoms with Gasteiger partial charge in [0.1, 0.15) is 5.69 Å². The third kappa shape index (κ3) is 1.48. The molecule has 2 rings (SSSR count). The van der Waals surface area contributed by atoms with E-state index in [-0.39, 0.29) is 5.91 Å². The number of hydrogen-bond acceptors (Lipinski definition) is 3. The van der Waals surface area contributed by atoms with Crippen LogP contribution >= 0.6 is 0 Å². The van der Waals surface area contributed by atoms with Crippen molar-refractivity contribution in [2.75, 3.05) is 12.8 Å². The Balaban J connectivity index is 2.86. The Kier molecular flexibility index (Phi) is 2.48. The molecule has 4 heteroatoms. The van der Waals surface area contributed by atoms with Crippen molar-refractivity contribution in [3.05, 3.63) is 35.7 Å². The maximum absolute atomic E-state index is 11.7. The number of anilines is 1. The van der Waals surface area contributed by atoms with Crippen LogP contribution < -0.4 is 11.1 Å². The van der Waals surface area contributed by atoms with Crippen LogP contribution in [0.4, 0.5) is 5.69 Å². The van der Waals surface area contributed by atoms with Gasteiger partial charge < -0.3 is 11.1 Å². The summed E-state index contributed by atoms with van der Waals surface area (Å²) < 4.78 is 0. The Labute approximate surface area is 93.5 Å². The third-order valence-electron chi connectivity index (χ3n) is 2.61. The Morgan fingerprint density at radius 2 is 2.12 bits per heavy atom. The monoisotopic (exact) mass is 215 g/mol. The number of nitrogen functional groups attached to an aromatic ring is 1. The first kappa shape index (κ1) is 10.4. The molecule has 0 fully saturated rings. The number of nitrogens with one attached hydrogen (secondary N) is 1. The molecule has 2 aromatic rings. The van der Waals surface area contributed by atoms with Gasteiger partial charge in [0.2, 0.25) is 0 Å². The van der Waals surface area contributed by atoms with E-state index in [9.17, 15) is 4.79 Å². The second kappa shape index (κ2) is 3.81. The summed E-state index contributed by atoms with van der Waals surface area (Å²) in [7, 11) is 1.59. The summed E-state index contributed by atoms with van der Waals surface area (Å²) in [5.74, 6) is -0.195. The zero-order chi connectivity index (χ0) is 11.7. The van der Waals surface area contributed by atoms with Gasteiger partial charge in [-0.05, 0) is 24.6 Å². The quantitative estimate of drug-likeness (QED) is 0.708. The standard InChI is InChI=1S/C12H13N3O/c1-7-3-4-9(13)8-5-6-15-11(10(7)8)12(16)14-2/h3-6H,13H2,1-2H3,(H,14,16). The van der Waals surface area contributed by atoms with Gasteiger partial charge in [-0.15, -0.1) is 0 Å². The van der Waals surface area contributed by atoms with Gasteiger partial charge in [-0.3, -0.25) is 9.78 Å². The van der Waals surface area contributed by atoms with Crippen molar-refractivity contribution < 1.29 is 4.79 Å². The van der Waals surface area contributed by atoms with E-state index < -0.39 is 0 Å². The van der Waals surface area contributed by atoms with E-state index >= 15 is 0 Å². The number of fused-ring (bicyclic) bond motifs is 1. The lowest BCUT2D eigenvalue weighted by Crippen LogP contribution is -2.19. The summed E-state index contributed by atoms with van der Waals surface area (Å²) in [6.07, 6.45) is 1.60. The van der Waals surface area contributed by atoms with Crippen molar-refractivity contribution in [3.63, 3.8) is 0 Å². The van der Waals surface area contributed by atoms with Crippen molar-refractivity contribution in [1.29, 1.82) is 0 Å². The highest BCUT2D eigenvalue weighted by molar-refractivity contribution is 6.09. The number of benzene rings is 1.